The SMILES string of the molecule is Cc1nc(C2CC2C)sc1CNC(C)C. The maximum Gasteiger partial charge on any atom is 0.0965 e. The summed E-state index contributed by atoms with van der Waals surface area (Å²) in [5.74, 6) is 1.63. The molecule has 1 heterocycles. The largest absolute Gasteiger partial charge is 0.310 e. The first-order valence-corrected chi connectivity index (χ1v) is 6.59. The highest BCUT2D eigenvalue weighted by Gasteiger charge is 2.36. The maximum absolute atomic E-state index is 4.68. The van der Waals surface area contributed by atoms with Crippen LogP contribution in [-0.2, 0) is 6.54 Å². The Hall–Kier alpha value is -0.410. The zero-order valence-electron chi connectivity index (χ0n) is 10.0. The van der Waals surface area contributed by atoms with Gasteiger partial charge >= 0.3 is 0 Å². The van der Waals surface area contributed by atoms with Gasteiger partial charge in [0.15, 0.2) is 0 Å². The first kappa shape index (κ1) is 11.1. The molecule has 1 N–H and O–H groups in total. The second-order valence-electron chi connectivity index (χ2n) is 4.92. The van der Waals surface area contributed by atoms with Crippen LogP contribution in [0.25, 0.3) is 0 Å². The summed E-state index contributed by atoms with van der Waals surface area (Å²) in [6.07, 6.45) is 1.34. The van der Waals surface area contributed by atoms with Gasteiger partial charge in [0.2, 0.25) is 0 Å². The van der Waals surface area contributed by atoms with E-state index < -0.39 is 0 Å². The van der Waals surface area contributed by atoms with Crippen molar-refractivity contribution in [3.63, 3.8) is 0 Å². The van der Waals surface area contributed by atoms with Crippen LogP contribution in [0.1, 0.15) is 48.7 Å². The molecule has 1 fully saturated rings. The highest BCUT2D eigenvalue weighted by molar-refractivity contribution is 7.11. The molecule has 1 saturated carbocycles. The van der Waals surface area contributed by atoms with Gasteiger partial charge < -0.3 is 5.32 Å². The van der Waals surface area contributed by atoms with Gasteiger partial charge in [0, 0.05) is 23.4 Å². The van der Waals surface area contributed by atoms with Gasteiger partial charge in [-0.1, -0.05) is 20.8 Å². The molecule has 0 bridgehead atoms. The van der Waals surface area contributed by atoms with Crippen molar-refractivity contribution in [1.82, 2.24) is 10.3 Å². The molecular formula is C12H20N2S. The molecule has 2 nitrogen and oxygen atoms in total. The second kappa shape index (κ2) is 4.22. The lowest BCUT2D eigenvalue weighted by molar-refractivity contribution is 0.591. The number of nitrogens with zero attached hydrogens (tertiary/aromatic N) is 1. The van der Waals surface area contributed by atoms with Crippen LogP contribution >= 0.6 is 11.3 Å². The van der Waals surface area contributed by atoms with Crippen molar-refractivity contribution < 1.29 is 0 Å². The van der Waals surface area contributed by atoms with E-state index in [1.165, 1.54) is 22.0 Å². The monoisotopic (exact) mass is 224 g/mol. The second-order valence-corrected chi connectivity index (χ2v) is 6.03. The van der Waals surface area contributed by atoms with Gasteiger partial charge in [0.25, 0.3) is 0 Å². The number of hydrogen-bond donors (Lipinski definition) is 1. The number of aryl methyl sites for hydroxylation is 1. The minimum atomic E-state index is 0.551. The van der Waals surface area contributed by atoms with E-state index in [1.54, 1.807) is 0 Å². The molecule has 0 aliphatic heterocycles. The number of nitrogens with one attached hydrogen (secondary N) is 1. The van der Waals surface area contributed by atoms with Crippen molar-refractivity contribution in [2.45, 2.75) is 52.6 Å². The summed E-state index contributed by atoms with van der Waals surface area (Å²) in [7, 11) is 0. The summed E-state index contributed by atoms with van der Waals surface area (Å²) in [5, 5.41) is 4.82. The summed E-state index contributed by atoms with van der Waals surface area (Å²) >= 11 is 1.90. The lowest BCUT2D eigenvalue weighted by atomic mass is 10.3. The lowest BCUT2D eigenvalue weighted by Crippen LogP contribution is -2.21. The summed E-state index contributed by atoms with van der Waals surface area (Å²) in [5.41, 5.74) is 1.22. The summed E-state index contributed by atoms with van der Waals surface area (Å²) in [4.78, 5) is 6.09. The Morgan fingerprint density at radius 3 is 2.73 bits per heavy atom. The molecular weight excluding hydrogens is 204 g/mol. The van der Waals surface area contributed by atoms with Gasteiger partial charge in [-0.15, -0.1) is 11.3 Å². The smallest absolute Gasteiger partial charge is 0.0965 e. The van der Waals surface area contributed by atoms with Gasteiger partial charge in [-0.25, -0.2) is 4.98 Å². The minimum absolute atomic E-state index is 0.551. The fraction of sp³-hybridized carbons (Fsp3) is 0.750. The van der Waals surface area contributed by atoms with Gasteiger partial charge in [-0.05, 0) is 19.3 Å². The summed E-state index contributed by atoms with van der Waals surface area (Å²) < 4.78 is 0. The first-order valence-electron chi connectivity index (χ1n) is 5.77. The Morgan fingerprint density at radius 1 is 1.53 bits per heavy atom. The van der Waals surface area contributed by atoms with Crippen LogP contribution in [0, 0.1) is 12.8 Å². The average Bonchev–Trinajstić information content (AvgIpc) is 2.75. The molecule has 1 aliphatic rings. The van der Waals surface area contributed by atoms with Crippen LogP contribution in [0.3, 0.4) is 0 Å². The van der Waals surface area contributed by atoms with E-state index in [4.69, 9.17) is 0 Å². The molecule has 3 heteroatoms. The van der Waals surface area contributed by atoms with E-state index >= 15 is 0 Å². The van der Waals surface area contributed by atoms with Crippen molar-refractivity contribution >= 4 is 11.3 Å². The van der Waals surface area contributed by atoms with Crippen LogP contribution in [0.4, 0.5) is 0 Å². The van der Waals surface area contributed by atoms with Gasteiger partial charge in [0.05, 0.1) is 10.7 Å². The van der Waals surface area contributed by atoms with E-state index in [0.29, 0.717) is 6.04 Å². The molecule has 0 spiro atoms. The highest BCUT2D eigenvalue weighted by Crippen LogP contribution is 2.48. The van der Waals surface area contributed by atoms with Crippen molar-refractivity contribution in [3.8, 4) is 0 Å². The molecule has 1 aliphatic carbocycles. The van der Waals surface area contributed by atoms with Crippen LogP contribution < -0.4 is 5.32 Å². The Bertz CT molecular complexity index is 343. The van der Waals surface area contributed by atoms with E-state index in [9.17, 15) is 0 Å². The average molecular weight is 224 g/mol. The topological polar surface area (TPSA) is 24.9 Å². The number of hydrogen-bond acceptors (Lipinski definition) is 3. The van der Waals surface area contributed by atoms with Crippen LogP contribution in [0.2, 0.25) is 0 Å². The molecule has 1 aromatic rings. The minimum Gasteiger partial charge on any atom is -0.310 e. The summed E-state index contributed by atoms with van der Waals surface area (Å²) in [6.45, 7) is 9.78. The zero-order chi connectivity index (χ0) is 11.0. The van der Waals surface area contributed by atoms with E-state index in [0.717, 1.165) is 18.4 Å². The van der Waals surface area contributed by atoms with Crippen LogP contribution in [0.15, 0.2) is 0 Å². The van der Waals surface area contributed by atoms with Crippen molar-refractivity contribution in [3.05, 3.63) is 15.6 Å². The zero-order valence-corrected chi connectivity index (χ0v) is 10.8. The molecule has 0 radical (unpaired) electrons. The molecule has 0 aromatic carbocycles. The maximum atomic E-state index is 4.68. The standard InChI is InChI=1S/C12H20N2S/c1-7(2)13-6-11-9(4)14-12(15-11)10-5-8(10)3/h7-8,10,13H,5-6H2,1-4H3. The van der Waals surface area contributed by atoms with Crippen molar-refractivity contribution in [2.24, 2.45) is 5.92 Å². The highest BCUT2D eigenvalue weighted by atomic mass is 32.1. The van der Waals surface area contributed by atoms with E-state index in [-0.39, 0.29) is 0 Å². The third kappa shape index (κ3) is 2.58. The molecule has 1 aromatic heterocycles. The molecule has 84 valence electrons. The van der Waals surface area contributed by atoms with E-state index in [2.05, 4.69) is 38.0 Å². The lowest BCUT2D eigenvalue weighted by Gasteiger charge is -2.05. The molecule has 15 heavy (non-hydrogen) atoms. The third-order valence-electron chi connectivity index (χ3n) is 3.01. The Kier molecular flexibility index (Phi) is 3.12. The Morgan fingerprint density at radius 2 is 2.20 bits per heavy atom. The first-order chi connectivity index (χ1) is 7.08. The van der Waals surface area contributed by atoms with Gasteiger partial charge in [-0.3, -0.25) is 0 Å². The summed E-state index contributed by atoms with van der Waals surface area (Å²) in [6, 6.07) is 0.551. The molecule has 0 amide bonds. The molecule has 2 unspecified atom stereocenters. The fourth-order valence-corrected chi connectivity index (χ4v) is 3.00. The third-order valence-corrected chi connectivity index (χ3v) is 4.30. The Balaban J connectivity index is 2.02. The molecule has 2 atom stereocenters. The van der Waals surface area contributed by atoms with Crippen LogP contribution in [0.5, 0.6) is 0 Å². The fourth-order valence-electron chi connectivity index (χ4n) is 1.74. The predicted molar refractivity (Wildman–Crippen MR) is 65.3 cm³/mol. The van der Waals surface area contributed by atoms with Crippen molar-refractivity contribution in [1.29, 1.82) is 0 Å². The number of rotatable bonds is 4. The molecule has 0 saturated heterocycles. The predicted octanol–water partition coefficient (Wildman–Crippen LogP) is 3.07. The normalized spacial score (nSPS) is 24.9. The van der Waals surface area contributed by atoms with Gasteiger partial charge in [-0.2, -0.15) is 0 Å². The number of thiazole rings is 1. The Labute approximate surface area is 96.1 Å². The van der Waals surface area contributed by atoms with Crippen molar-refractivity contribution in [2.75, 3.05) is 0 Å². The van der Waals surface area contributed by atoms with E-state index in [1.807, 2.05) is 11.3 Å². The number of aromatic nitrogens is 1. The molecule has 2 rings (SSSR count). The quantitative estimate of drug-likeness (QED) is 0.850. The van der Waals surface area contributed by atoms with Crippen LogP contribution in [-0.4, -0.2) is 11.0 Å². The van der Waals surface area contributed by atoms with Gasteiger partial charge in [0.1, 0.15) is 0 Å².